The predicted molar refractivity (Wildman–Crippen MR) is 173 cm³/mol. The SMILES string of the molecule is CCOC(=O)CNC(=O)NCc1cccc(-c2cccc([C@H]3O[C@@H](CSc4nnc(C)s4)C[C@@H](c4ccc(CO)cc4)O3)c2)c1. The molecule has 2 amide bonds. The van der Waals surface area contributed by atoms with Crippen molar-refractivity contribution >= 4 is 35.1 Å². The van der Waals surface area contributed by atoms with E-state index in [1.54, 1.807) is 30.0 Å². The Bertz CT molecular complexity index is 1580. The van der Waals surface area contributed by atoms with Crippen molar-refractivity contribution in [1.29, 1.82) is 0 Å². The van der Waals surface area contributed by atoms with Crippen molar-refractivity contribution in [3.63, 3.8) is 0 Å². The third-order valence-corrected chi connectivity index (χ3v) is 9.19. The standard InChI is InChI=1S/C33H36N4O6S2/c1-3-41-30(39)18-35-32(40)34-17-23-6-4-7-25(14-23)26-8-5-9-27(15-26)31-42-28(20-44-33-37-36-21(2)45-33)16-29(43-31)24-12-10-22(19-38)11-13-24/h4-15,28-29,31,38H,3,16-20H2,1-2H3,(H2,34,35,40)/t28-,29+,31+/m1/s1. The molecular weight excluding hydrogens is 613 g/mol. The highest BCUT2D eigenvalue weighted by molar-refractivity contribution is 8.01. The number of aryl methyl sites for hydroxylation is 1. The molecule has 12 heteroatoms. The lowest BCUT2D eigenvalue weighted by Gasteiger charge is -2.36. The van der Waals surface area contributed by atoms with Gasteiger partial charge < -0.3 is 30.0 Å². The molecule has 4 aromatic rings. The first-order valence-electron chi connectivity index (χ1n) is 14.7. The molecule has 1 saturated heterocycles. The minimum Gasteiger partial charge on any atom is -0.465 e. The smallest absolute Gasteiger partial charge is 0.325 e. The van der Waals surface area contributed by atoms with E-state index in [-0.39, 0.29) is 32.0 Å². The largest absolute Gasteiger partial charge is 0.465 e. The zero-order valence-electron chi connectivity index (χ0n) is 25.1. The quantitative estimate of drug-likeness (QED) is 0.131. The number of ether oxygens (including phenoxy) is 3. The molecule has 2 heterocycles. The summed E-state index contributed by atoms with van der Waals surface area (Å²) in [7, 11) is 0. The second kappa shape index (κ2) is 16.0. The van der Waals surface area contributed by atoms with Gasteiger partial charge in [-0.2, -0.15) is 0 Å². The minimum atomic E-state index is -0.587. The van der Waals surface area contributed by atoms with Crippen LogP contribution in [-0.4, -0.2) is 52.3 Å². The summed E-state index contributed by atoms with van der Waals surface area (Å²) in [5, 5.41) is 24.1. The summed E-state index contributed by atoms with van der Waals surface area (Å²) in [5.74, 6) is 0.227. The van der Waals surface area contributed by atoms with Crippen LogP contribution in [0.5, 0.6) is 0 Å². The fraction of sp³-hybridized carbons (Fsp3) is 0.333. The van der Waals surface area contributed by atoms with Crippen molar-refractivity contribution in [1.82, 2.24) is 20.8 Å². The van der Waals surface area contributed by atoms with Crippen molar-refractivity contribution in [3.8, 4) is 11.1 Å². The molecule has 3 aromatic carbocycles. The number of rotatable bonds is 12. The number of nitrogens with zero attached hydrogens (tertiary/aromatic N) is 2. The highest BCUT2D eigenvalue weighted by Gasteiger charge is 2.32. The predicted octanol–water partition coefficient (Wildman–Crippen LogP) is 5.71. The summed E-state index contributed by atoms with van der Waals surface area (Å²) in [6.45, 7) is 4.02. The number of aliphatic hydroxyl groups excluding tert-OH is 1. The fourth-order valence-electron chi connectivity index (χ4n) is 4.86. The van der Waals surface area contributed by atoms with Gasteiger partial charge in [0.25, 0.3) is 0 Å². The maximum absolute atomic E-state index is 12.1. The first-order valence-corrected chi connectivity index (χ1v) is 16.5. The normalized spacial score (nSPS) is 17.9. The van der Waals surface area contributed by atoms with Crippen molar-refractivity contribution < 1.29 is 28.9 Å². The Morgan fingerprint density at radius 3 is 2.49 bits per heavy atom. The van der Waals surface area contributed by atoms with Gasteiger partial charge in [-0.1, -0.05) is 83.8 Å². The molecule has 45 heavy (non-hydrogen) atoms. The molecule has 3 atom stereocenters. The zero-order chi connectivity index (χ0) is 31.6. The van der Waals surface area contributed by atoms with E-state index in [0.29, 0.717) is 18.7 Å². The van der Waals surface area contributed by atoms with Crippen LogP contribution in [0, 0.1) is 6.92 Å². The van der Waals surface area contributed by atoms with Gasteiger partial charge in [0, 0.05) is 24.3 Å². The number of carbonyl (C=O) groups excluding carboxylic acids is 2. The summed E-state index contributed by atoms with van der Waals surface area (Å²) in [5.41, 5.74) is 5.65. The van der Waals surface area contributed by atoms with Gasteiger partial charge in [-0.25, -0.2) is 4.79 Å². The summed E-state index contributed by atoms with van der Waals surface area (Å²) < 4.78 is 18.8. The Morgan fingerprint density at radius 2 is 1.76 bits per heavy atom. The zero-order valence-corrected chi connectivity index (χ0v) is 26.7. The third-order valence-electron chi connectivity index (χ3n) is 7.09. The lowest BCUT2D eigenvalue weighted by Crippen LogP contribution is -2.38. The van der Waals surface area contributed by atoms with Crippen LogP contribution in [0.1, 0.15) is 53.0 Å². The van der Waals surface area contributed by atoms with E-state index in [2.05, 4.69) is 26.9 Å². The second-order valence-corrected chi connectivity index (χ2v) is 12.9. The third kappa shape index (κ3) is 9.35. The average Bonchev–Trinajstić information content (AvgIpc) is 3.50. The van der Waals surface area contributed by atoms with Crippen LogP contribution in [0.25, 0.3) is 11.1 Å². The molecule has 5 rings (SSSR count). The Hall–Kier alpha value is -3.81. The van der Waals surface area contributed by atoms with E-state index in [9.17, 15) is 14.7 Å². The van der Waals surface area contributed by atoms with Crippen molar-refractivity contribution in [3.05, 3.63) is 100 Å². The van der Waals surface area contributed by atoms with Gasteiger partial charge in [0.2, 0.25) is 0 Å². The van der Waals surface area contributed by atoms with E-state index in [0.717, 1.165) is 42.7 Å². The number of aromatic nitrogens is 2. The number of urea groups is 1. The van der Waals surface area contributed by atoms with Crippen molar-refractivity contribution in [2.45, 2.75) is 56.3 Å². The number of thioether (sulfide) groups is 1. The van der Waals surface area contributed by atoms with Gasteiger partial charge >= 0.3 is 12.0 Å². The molecule has 1 aliphatic rings. The number of aliphatic hydroxyl groups is 1. The van der Waals surface area contributed by atoms with E-state index < -0.39 is 18.3 Å². The Morgan fingerprint density at radius 1 is 0.978 bits per heavy atom. The van der Waals surface area contributed by atoms with Gasteiger partial charge in [-0.3, -0.25) is 4.79 Å². The van der Waals surface area contributed by atoms with Gasteiger partial charge in [0.1, 0.15) is 11.6 Å². The maximum Gasteiger partial charge on any atom is 0.325 e. The van der Waals surface area contributed by atoms with Crippen LogP contribution in [-0.2, 0) is 32.2 Å². The van der Waals surface area contributed by atoms with Crippen LogP contribution >= 0.6 is 23.1 Å². The Kier molecular flexibility index (Phi) is 11.6. The van der Waals surface area contributed by atoms with Crippen LogP contribution in [0.15, 0.2) is 77.1 Å². The van der Waals surface area contributed by atoms with E-state index >= 15 is 0 Å². The highest BCUT2D eigenvalue weighted by atomic mass is 32.2. The van der Waals surface area contributed by atoms with Crippen molar-refractivity contribution in [2.75, 3.05) is 18.9 Å². The highest BCUT2D eigenvalue weighted by Crippen LogP contribution is 2.40. The van der Waals surface area contributed by atoms with Gasteiger partial charge in [-0.15, -0.1) is 10.2 Å². The van der Waals surface area contributed by atoms with Gasteiger partial charge in [0.15, 0.2) is 10.6 Å². The molecule has 1 aromatic heterocycles. The number of benzene rings is 3. The van der Waals surface area contributed by atoms with Crippen LogP contribution < -0.4 is 10.6 Å². The molecule has 236 valence electrons. The second-order valence-electron chi connectivity index (χ2n) is 10.4. The van der Waals surface area contributed by atoms with E-state index in [4.69, 9.17) is 14.2 Å². The first-order chi connectivity index (χ1) is 21.9. The number of hydrogen-bond donors (Lipinski definition) is 3. The van der Waals surface area contributed by atoms with Crippen LogP contribution in [0.4, 0.5) is 4.79 Å². The lowest BCUT2D eigenvalue weighted by molar-refractivity contribution is -0.245. The topological polar surface area (TPSA) is 132 Å². The average molecular weight is 649 g/mol. The minimum absolute atomic E-state index is 0.00912. The number of esters is 1. The molecule has 0 radical (unpaired) electrons. The molecule has 1 aliphatic heterocycles. The molecule has 0 spiro atoms. The van der Waals surface area contributed by atoms with Gasteiger partial charge in [-0.05, 0) is 53.8 Å². The number of hydrogen-bond acceptors (Lipinski definition) is 10. The maximum atomic E-state index is 12.1. The molecule has 1 fully saturated rings. The monoisotopic (exact) mass is 648 g/mol. The molecule has 10 nitrogen and oxygen atoms in total. The van der Waals surface area contributed by atoms with Crippen LogP contribution in [0.2, 0.25) is 0 Å². The van der Waals surface area contributed by atoms with Crippen LogP contribution in [0.3, 0.4) is 0 Å². The van der Waals surface area contributed by atoms with E-state index in [1.807, 2.05) is 73.7 Å². The van der Waals surface area contributed by atoms with E-state index in [1.165, 1.54) is 0 Å². The lowest BCUT2D eigenvalue weighted by atomic mass is 9.99. The number of amides is 2. The molecule has 0 saturated carbocycles. The Labute approximate surface area is 270 Å². The summed E-state index contributed by atoms with van der Waals surface area (Å²) >= 11 is 3.21. The summed E-state index contributed by atoms with van der Waals surface area (Å²) in [4.78, 5) is 23.6. The Balaban J connectivity index is 1.29. The van der Waals surface area contributed by atoms with Crippen molar-refractivity contribution in [2.24, 2.45) is 0 Å². The number of carbonyl (C=O) groups is 2. The molecule has 3 N–H and O–H groups in total. The summed E-state index contributed by atoms with van der Waals surface area (Å²) in [6.07, 6.45) is -0.183. The number of nitrogens with one attached hydrogen (secondary N) is 2. The fourth-order valence-corrected chi connectivity index (χ4v) is 6.72. The molecule has 0 bridgehead atoms. The van der Waals surface area contributed by atoms with Gasteiger partial charge in [0.05, 0.1) is 25.4 Å². The molecule has 0 aliphatic carbocycles. The summed E-state index contributed by atoms with van der Waals surface area (Å²) in [6, 6.07) is 23.4. The first kappa shape index (κ1) is 32.6. The molecular formula is C33H36N4O6S2. The molecule has 0 unspecified atom stereocenters.